The summed E-state index contributed by atoms with van der Waals surface area (Å²) in [6, 6.07) is 9.07. The third kappa shape index (κ3) is 3.85. The Bertz CT molecular complexity index is 930. The highest BCUT2D eigenvalue weighted by Crippen LogP contribution is 2.27. The summed E-state index contributed by atoms with van der Waals surface area (Å²) in [5.74, 6) is 0.436. The molecule has 0 saturated carbocycles. The van der Waals surface area contributed by atoms with Gasteiger partial charge in [0, 0.05) is 18.1 Å². The van der Waals surface area contributed by atoms with Gasteiger partial charge in [0.25, 0.3) is 5.91 Å². The van der Waals surface area contributed by atoms with Crippen molar-refractivity contribution >= 4 is 33.4 Å². The molecule has 2 heterocycles. The zero-order chi connectivity index (χ0) is 18.7. The Hall–Kier alpha value is -2.87. The molecule has 0 fully saturated rings. The highest BCUT2D eigenvalue weighted by atomic mass is 79.9. The molecule has 0 aliphatic rings. The van der Waals surface area contributed by atoms with Crippen LogP contribution in [-0.4, -0.2) is 28.1 Å². The van der Waals surface area contributed by atoms with Gasteiger partial charge in [0.15, 0.2) is 0 Å². The van der Waals surface area contributed by atoms with Crippen LogP contribution in [0, 0.1) is 13.8 Å². The Morgan fingerprint density at radius 1 is 1.19 bits per heavy atom. The minimum atomic E-state index is -0.365. The molecule has 2 N–H and O–H groups in total. The number of halogens is 1. The second-order valence-electron chi connectivity index (χ2n) is 5.63. The number of carbonyl (C=O) groups excluding carboxylic acids is 2. The van der Waals surface area contributed by atoms with Crippen molar-refractivity contribution in [3.05, 3.63) is 64.3 Å². The molecule has 0 radical (unpaired) electrons. The molecule has 0 aliphatic carbocycles. The number of aryl methyl sites for hydroxylation is 2. The average molecular weight is 417 g/mol. The summed E-state index contributed by atoms with van der Waals surface area (Å²) in [6.07, 6.45) is 3.53. The number of furan rings is 1. The minimum absolute atomic E-state index is 0.143. The summed E-state index contributed by atoms with van der Waals surface area (Å²) < 4.78 is 7.72. The molecular weight excluding hydrogens is 400 g/mol. The third-order valence-electron chi connectivity index (χ3n) is 3.74. The number of aromatic nitrogens is 2. The van der Waals surface area contributed by atoms with Gasteiger partial charge in [0.1, 0.15) is 11.5 Å². The van der Waals surface area contributed by atoms with E-state index in [1.165, 1.54) is 0 Å². The first-order valence-electron chi connectivity index (χ1n) is 7.89. The van der Waals surface area contributed by atoms with Crippen LogP contribution >= 0.6 is 15.9 Å². The van der Waals surface area contributed by atoms with Crippen molar-refractivity contribution in [1.29, 1.82) is 0 Å². The van der Waals surface area contributed by atoms with Crippen LogP contribution in [0.5, 0.6) is 0 Å². The van der Waals surface area contributed by atoms with E-state index in [9.17, 15) is 9.59 Å². The molecule has 0 spiro atoms. The quantitative estimate of drug-likeness (QED) is 0.667. The molecule has 26 heavy (non-hydrogen) atoms. The third-order valence-corrected chi connectivity index (χ3v) is 4.70. The number of rotatable bonds is 5. The van der Waals surface area contributed by atoms with Crippen molar-refractivity contribution in [3.8, 4) is 5.69 Å². The second kappa shape index (κ2) is 7.57. The summed E-state index contributed by atoms with van der Waals surface area (Å²) in [5, 5.41) is 9.47. The summed E-state index contributed by atoms with van der Waals surface area (Å²) >= 11 is 3.32. The van der Waals surface area contributed by atoms with Crippen LogP contribution in [-0.2, 0) is 4.79 Å². The van der Waals surface area contributed by atoms with Crippen LogP contribution in [0.2, 0.25) is 0 Å². The number of hydrogen-bond donors (Lipinski definition) is 2. The number of hydrogen-bond acceptors (Lipinski definition) is 4. The Balaban J connectivity index is 1.56. The summed E-state index contributed by atoms with van der Waals surface area (Å²) in [6.45, 7) is 3.32. The molecule has 3 rings (SSSR count). The zero-order valence-corrected chi connectivity index (χ0v) is 15.8. The fourth-order valence-corrected chi connectivity index (χ4v) is 3.03. The Kier molecular flexibility index (Phi) is 5.22. The Morgan fingerprint density at radius 3 is 2.50 bits per heavy atom. The van der Waals surface area contributed by atoms with E-state index in [2.05, 4.69) is 31.7 Å². The van der Waals surface area contributed by atoms with Crippen LogP contribution in [0.25, 0.3) is 5.69 Å². The smallest absolute Gasteiger partial charge is 0.256 e. The lowest BCUT2D eigenvalue weighted by Gasteiger charge is -2.08. The lowest BCUT2D eigenvalue weighted by atomic mass is 10.2. The largest absolute Gasteiger partial charge is 0.465 e. The molecule has 0 unspecified atom stereocenters. The first kappa shape index (κ1) is 17.9. The first-order valence-corrected chi connectivity index (χ1v) is 8.68. The molecule has 3 aromatic rings. The van der Waals surface area contributed by atoms with E-state index in [1.54, 1.807) is 36.9 Å². The SMILES string of the molecule is Cc1oc(C)c(C(=O)NCC(=O)Nc2ccc(-n3cccn3)cc2)c1Br. The van der Waals surface area contributed by atoms with E-state index in [1.807, 2.05) is 24.4 Å². The molecule has 134 valence electrons. The predicted octanol–water partition coefficient (Wildman–Crippen LogP) is 3.21. The number of nitrogens with one attached hydrogen (secondary N) is 2. The molecule has 1 aromatic carbocycles. The normalized spacial score (nSPS) is 10.6. The highest BCUT2D eigenvalue weighted by molar-refractivity contribution is 9.10. The molecule has 0 bridgehead atoms. The van der Waals surface area contributed by atoms with Gasteiger partial charge in [-0.25, -0.2) is 4.68 Å². The monoisotopic (exact) mass is 416 g/mol. The maximum absolute atomic E-state index is 12.2. The van der Waals surface area contributed by atoms with Gasteiger partial charge in [0.05, 0.1) is 22.3 Å². The summed E-state index contributed by atoms with van der Waals surface area (Å²) in [4.78, 5) is 24.3. The van der Waals surface area contributed by atoms with E-state index in [0.717, 1.165) is 5.69 Å². The van der Waals surface area contributed by atoms with Crippen LogP contribution in [0.3, 0.4) is 0 Å². The van der Waals surface area contributed by atoms with Crippen molar-refractivity contribution in [2.24, 2.45) is 0 Å². The van der Waals surface area contributed by atoms with Crippen LogP contribution < -0.4 is 10.6 Å². The molecule has 2 amide bonds. The number of benzene rings is 1. The first-order chi connectivity index (χ1) is 12.5. The van der Waals surface area contributed by atoms with Crippen molar-refractivity contribution in [3.63, 3.8) is 0 Å². The minimum Gasteiger partial charge on any atom is -0.465 e. The molecule has 8 heteroatoms. The number of amides is 2. The van der Waals surface area contributed by atoms with Gasteiger partial charge < -0.3 is 15.1 Å². The van der Waals surface area contributed by atoms with Crippen LogP contribution in [0.1, 0.15) is 21.9 Å². The van der Waals surface area contributed by atoms with E-state index in [-0.39, 0.29) is 18.4 Å². The standard InChI is InChI=1S/C18H17BrN4O3/c1-11-16(17(19)12(2)26-11)18(25)20-10-15(24)22-13-4-6-14(7-5-13)23-9-3-8-21-23/h3-9H,10H2,1-2H3,(H,20,25)(H,22,24). The van der Waals surface area contributed by atoms with E-state index >= 15 is 0 Å². The lowest BCUT2D eigenvalue weighted by molar-refractivity contribution is -0.115. The fourth-order valence-electron chi connectivity index (χ4n) is 2.49. The maximum atomic E-state index is 12.2. The summed E-state index contributed by atoms with van der Waals surface area (Å²) in [7, 11) is 0. The van der Waals surface area contributed by atoms with E-state index in [0.29, 0.717) is 27.2 Å². The van der Waals surface area contributed by atoms with Gasteiger partial charge in [-0.3, -0.25) is 9.59 Å². The molecule has 7 nitrogen and oxygen atoms in total. The number of anilines is 1. The average Bonchev–Trinajstić information content (AvgIpc) is 3.23. The molecule has 0 saturated heterocycles. The van der Waals surface area contributed by atoms with Gasteiger partial charge in [-0.05, 0) is 60.1 Å². The van der Waals surface area contributed by atoms with Gasteiger partial charge >= 0.3 is 0 Å². The van der Waals surface area contributed by atoms with Crippen molar-refractivity contribution in [2.45, 2.75) is 13.8 Å². The number of nitrogens with zero attached hydrogens (tertiary/aromatic N) is 2. The van der Waals surface area contributed by atoms with E-state index in [4.69, 9.17) is 4.42 Å². The molecule has 0 atom stereocenters. The Morgan fingerprint density at radius 2 is 1.92 bits per heavy atom. The van der Waals surface area contributed by atoms with Gasteiger partial charge in [-0.1, -0.05) is 0 Å². The molecular formula is C18H17BrN4O3. The van der Waals surface area contributed by atoms with Crippen molar-refractivity contribution < 1.29 is 14.0 Å². The van der Waals surface area contributed by atoms with Gasteiger partial charge in [-0.2, -0.15) is 5.10 Å². The highest BCUT2D eigenvalue weighted by Gasteiger charge is 2.20. The number of carbonyl (C=O) groups is 2. The van der Waals surface area contributed by atoms with Crippen molar-refractivity contribution in [1.82, 2.24) is 15.1 Å². The Labute approximate surface area is 158 Å². The molecule has 2 aromatic heterocycles. The van der Waals surface area contributed by atoms with Crippen LogP contribution in [0.15, 0.2) is 51.6 Å². The lowest BCUT2D eigenvalue weighted by Crippen LogP contribution is -2.33. The topological polar surface area (TPSA) is 89.2 Å². The molecule has 0 aliphatic heterocycles. The predicted molar refractivity (Wildman–Crippen MR) is 100 cm³/mol. The maximum Gasteiger partial charge on any atom is 0.256 e. The summed E-state index contributed by atoms with van der Waals surface area (Å²) in [5.41, 5.74) is 1.92. The van der Waals surface area contributed by atoms with Gasteiger partial charge in [-0.15, -0.1) is 0 Å². The second-order valence-corrected chi connectivity index (χ2v) is 6.42. The van der Waals surface area contributed by atoms with Crippen LogP contribution in [0.4, 0.5) is 5.69 Å². The van der Waals surface area contributed by atoms with E-state index < -0.39 is 0 Å². The fraction of sp³-hybridized carbons (Fsp3) is 0.167. The van der Waals surface area contributed by atoms with Gasteiger partial charge in [0.2, 0.25) is 5.91 Å². The van der Waals surface area contributed by atoms with Crippen molar-refractivity contribution in [2.75, 3.05) is 11.9 Å². The zero-order valence-electron chi connectivity index (χ0n) is 14.2.